The van der Waals surface area contributed by atoms with Crippen molar-refractivity contribution in [2.45, 2.75) is 18.9 Å². The summed E-state index contributed by atoms with van der Waals surface area (Å²) in [6.45, 7) is 1.17. The van der Waals surface area contributed by atoms with E-state index in [1.807, 2.05) is 0 Å². The molecule has 0 radical (unpaired) electrons. The first-order valence-corrected chi connectivity index (χ1v) is 8.65. The number of carbonyl (C=O) groups excluding carboxylic acids is 1. The first kappa shape index (κ1) is 18.3. The zero-order valence-electron chi connectivity index (χ0n) is 14.6. The highest BCUT2D eigenvalue weighted by Gasteiger charge is 2.26. The van der Waals surface area contributed by atoms with Crippen molar-refractivity contribution < 1.29 is 19.0 Å². The number of benzene rings is 1. The summed E-state index contributed by atoms with van der Waals surface area (Å²) in [4.78, 5) is 22.7. The predicted octanol–water partition coefficient (Wildman–Crippen LogP) is 2.83. The molecule has 8 heteroatoms. The normalized spacial score (nSPS) is 14.8. The molecule has 0 unspecified atom stereocenters. The number of piperidine rings is 1. The molecule has 0 atom stereocenters. The fraction of sp³-hybridized carbons (Fsp3) is 0.389. The van der Waals surface area contributed by atoms with Crippen molar-refractivity contribution >= 4 is 17.5 Å². The van der Waals surface area contributed by atoms with Crippen LogP contribution in [0.4, 0.5) is 0 Å². The third kappa shape index (κ3) is 4.16. The second kappa shape index (κ2) is 8.23. The van der Waals surface area contributed by atoms with Crippen LogP contribution in [0.15, 0.2) is 30.5 Å². The van der Waals surface area contributed by atoms with Crippen molar-refractivity contribution in [2.24, 2.45) is 0 Å². The molecule has 2 heterocycles. The Bertz CT molecular complexity index is 779. The van der Waals surface area contributed by atoms with E-state index < -0.39 is 0 Å². The van der Waals surface area contributed by atoms with Gasteiger partial charge in [0.1, 0.15) is 11.9 Å². The average molecular weight is 378 g/mol. The maximum absolute atomic E-state index is 12.8. The molecule has 1 aromatic carbocycles. The van der Waals surface area contributed by atoms with Gasteiger partial charge in [-0.25, -0.2) is 4.98 Å². The zero-order valence-corrected chi connectivity index (χ0v) is 15.4. The second-order valence-electron chi connectivity index (χ2n) is 5.84. The van der Waals surface area contributed by atoms with E-state index in [0.29, 0.717) is 48.1 Å². The molecule has 1 amide bonds. The number of nitrogens with zero attached hydrogens (tertiary/aromatic N) is 3. The van der Waals surface area contributed by atoms with Gasteiger partial charge in [-0.1, -0.05) is 11.6 Å². The van der Waals surface area contributed by atoms with Gasteiger partial charge in [-0.2, -0.15) is 4.98 Å². The van der Waals surface area contributed by atoms with Crippen LogP contribution in [0, 0.1) is 0 Å². The quantitative estimate of drug-likeness (QED) is 0.797. The Labute approximate surface area is 156 Å². The Morgan fingerprint density at radius 2 is 1.96 bits per heavy atom. The van der Waals surface area contributed by atoms with Gasteiger partial charge in [-0.3, -0.25) is 4.79 Å². The van der Waals surface area contributed by atoms with Crippen LogP contribution in [0.5, 0.6) is 17.6 Å². The van der Waals surface area contributed by atoms with Gasteiger partial charge in [-0.05, 0) is 18.2 Å². The van der Waals surface area contributed by atoms with Crippen molar-refractivity contribution in [1.29, 1.82) is 0 Å². The van der Waals surface area contributed by atoms with Gasteiger partial charge >= 0.3 is 6.01 Å². The molecule has 7 nitrogen and oxygen atoms in total. The lowest BCUT2D eigenvalue weighted by atomic mass is 10.1. The Hall–Kier alpha value is -2.54. The highest BCUT2D eigenvalue weighted by molar-refractivity contribution is 6.31. The summed E-state index contributed by atoms with van der Waals surface area (Å²) in [7, 11) is 3.05. The van der Waals surface area contributed by atoms with E-state index in [4.69, 9.17) is 25.8 Å². The number of rotatable bonds is 5. The molecule has 2 aromatic rings. The summed E-state index contributed by atoms with van der Waals surface area (Å²) in [5, 5.41) is 0.505. The van der Waals surface area contributed by atoms with E-state index in [1.165, 1.54) is 14.2 Å². The molecule has 0 N–H and O–H groups in total. The highest BCUT2D eigenvalue weighted by Crippen LogP contribution is 2.26. The van der Waals surface area contributed by atoms with E-state index in [9.17, 15) is 4.79 Å². The molecular weight excluding hydrogens is 358 g/mol. The average Bonchev–Trinajstić information content (AvgIpc) is 2.68. The molecule has 138 valence electrons. The lowest BCUT2D eigenvalue weighted by molar-refractivity contribution is 0.0583. The maximum Gasteiger partial charge on any atom is 0.319 e. The molecule has 1 aromatic heterocycles. The minimum Gasteiger partial charge on any atom is -0.496 e. The molecule has 1 saturated heterocycles. The highest BCUT2D eigenvalue weighted by atomic mass is 35.5. The summed E-state index contributed by atoms with van der Waals surface area (Å²) >= 11 is 6.03. The molecule has 0 saturated carbocycles. The monoisotopic (exact) mass is 377 g/mol. The number of likely N-dealkylation sites (tertiary alicyclic amines) is 1. The first-order chi connectivity index (χ1) is 12.6. The Balaban J connectivity index is 1.61. The first-order valence-electron chi connectivity index (χ1n) is 8.27. The van der Waals surface area contributed by atoms with Gasteiger partial charge in [0.25, 0.3) is 5.91 Å². The van der Waals surface area contributed by atoms with Crippen molar-refractivity contribution in [2.75, 3.05) is 27.3 Å². The molecule has 0 aliphatic carbocycles. The third-order valence-corrected chi connectivity index (χ3v) is 4.43. The molecule has 3 rings (SSSR count). The van der Waals surface area contributed by atoms with Gasteiger partial charge in [0.15, 0.2) is 0 Å². The number of amides is 1. The van der Waals surface area contributed by atoms with Gasteiger partial charge in [0, 0.05) is 43.2 Å². The molecule has 1 aliphatic rings. The van der Waals surface area contributed by atoms with E-state index >= 15 is 0 Å². The largest absolute Gasteiger partial charge is 0.496 e. The minimum atomic E-state index is -0.0912. The molecule has 26 heavy (non-hydrogen) atoms. The van der Waals surface area contributed by atoms with Crippen molar-refractivity contribution in [3.8, 4) is 17.6 Å². The van der Waals surface area contributed by atoms with Crippen LogP contribution >= 0.6 is 11.6 Å². The minimum absolute atomic E-state index is 0.0140. The van der Waals surface area contributed by atoms with Crippen LogP contribution in [0.2, 0.25) is 5.02 Å². The summed E-state index contributed by atoms with van der Waals surface area (Å²) in [5.74, 6) is 0.899. The van der Waals surface area contributed by atoms with Crippen molar-refractivity contribution in [3.05, 3.63) is 41.0 Å². The second-order valence-corrected chi connectivity index (χ2v) is 6.27. The van der Waals surface area contributed by atoms with Crippen LogP contribution in [0.25, 0.3) is 0 Å². The van der Waals surface area contributed by atoms with E-state index in [0.717, 1.165) is 0 Å². The van der Waals surface area contributed by atoms with Crippen LogP contribution < -0.4 is 14.2 Å². The summed E-state index contributed by atoms with van der Waals surface area (Å²) in [6, 6.07) is 7.00. The number of methoxy groups -OCH3 is 2. The van der Waals surface area contributed by atoms with Crippen molar-refractivity contribution in [1.82, 2.24) is 14.9 Å². The zero-order chi connectivity index (χ0) is 18.5. The number of halogens is 1. The van der Waals surface area contributed by atoms with E-state index in [-0.39, 0.29) is 18.0 Å². The van der Waals surface area contributed by atoms with Gasteiger partial charge in [-0.15, -0.1) is 0 Å². The Morgan fingerprint density at radius 3 is 2.65 bits per heavy atom. The third-order valence-electron chi connectivity index (χ3n) is 4.20. The van der Waals surface area contributed by atoms with Crippen LogP contribution in [-0.2, 0) is 0 Å². The smallest absolute Gasteiger partial charge is 0.319 e. The SMILES string of the molecule is COc1nccc(OC2CCN(C(=O)c3cc(Cl)ccc3OC)CC2)n1. The van der Waals surface area contributed by atoms with Gasteiger partial charge in [0.2, 0.25) is 5.88 Å². The van der Waals surface area contributed by atoms with Gasteiger partial charge < -0.3 is 19.1 Å². The summed E-state index contributed by atoms with van der Waals surface area (Å²) in [6.07, 6.45) is 2.99. The fourth-order valence-corrected chi connectivity index (χ4v) is 3.03. The van der Waals surface area contributed by atoms with Crippen LogP contribution in [0.3, 0.4) is 0 Å². The molecule has 1 aliphatic heterocycles. The predicted molar refractivity (Wildman–Crippen MR) is 96.1 cm³/mol. The number of ether oxygens (including phenoxy) is 3. The lowest BCUT2D eigenvalue weighted by Gasteiger charge is -2.32. The topological polar surface area (TPSA) is 73.8 Å². The summed E-state index contributed by atoms with van der Waals surface area (Å²) < 4.78 is 16.2. The maximum atomic E-state index is 12.8. The van der Waals surface area contributed by atoms with Crippen molar-refractivity contribution in [3.63, 3.8) is 0 Å². The Kier molecular flexibility index (Phi) is 5.78. The van der Waals surface area contributed by atoms with Crippen LogP contribution in [0.1, 0.15) is 23.2 Å². The molecular formula is C18H20ClN3O4. The number of hydrogen-bond donors (Lipinski definition) is 0. The van der Waals surface area contributed by atoms with E-state index in [2.05, 4.69) is 9.97 Å². The lowest BCUT2D eigenvalue weighted by Crippen LogP contribution is -2.42. The molecule has 1 fully saturated rings. The number of aromatic nitrogens is 2. The van der Waals surface area contributed by atoms with E-state index in [1.54, 1.807) is 35.4 Å². The fourth-order valence-electron chi connectivity index (χ4n) is 2.85. The van der Waals surface area contributed by atoms with Crippen LogP contribution in [-0.4, -0.2) is 54.2 Å². The standard InChI is InChI=1S/C18H20ClN3O4/c1-24-15-4-3-12(19)11-14(15)17(23)22-9-6-13(7-10-22)26-16-5-8-20-18(21-16)25-2/h3-5,8,11,13H,6-7,9-10H2,1-2H3. The number of carbonyl (C=O) groups is 1. The Morgan fingerprint density at radius 1 is 1.19 bits per heavy atom. The number of hydrogen-bond acceptors (Lipinski definition) is 6. The molecule has 0 bridgehead atoms. The molecule has 0 spiro atoms. The summed E-state index contributed by atoms with van der Waals surface area (Å²) in [5.41, 5.74) is 0.472. The van der Waals surface area contributed by atoms with Gasteiger partial charge in [0.05, 0.1) is 19.8 Å².